The molecule has 3 aromatic rings. The van der Waals surface area contributed by atoms with Crippen LogP contribution in [0.3, 0.4) is 0 Å². The summed E-state index contributed by atoms with van der Waals surface area (Å²) in [6.45, 7) is 1.15. The van der Waals surface area contributed by atoms with Crippen LogP contribution in [0.5, 0.6) is 17.2 Å². The number of aliphatic hydroxyl groups is 1. The van der Waals surface area contributed by atoms with Crippen LogP contribution in [0.25, 0.3) is 16.5 Å². The normalized spacial score (nSPS) is 13.8. The molecule has 28 heavy (non-hydrogen) atoms. The molecule has 0 spiro atoms. The average Bonchev–Trinajstić information content (AvgIpc) is 3.00. The van der Waals surface area contributed by atoms with Crippen molar-refractivity contribution in [2.75, 3.05) is 0 Å². The Morgan fingerprint density at radius 2 is 1.68 bits per heavy atom. The molecule has 4 rings (SSSR count). The molecular formula is C20H12O8. The average molecular weight is 380 g/mol. The van der Waals surface area contributed by atoms with E-state index in [0.717, 1.165) is 13.0 Å². The highest BCUT2D eigenvalue weighted by molar-refractivity contribution is 6.41. The van der Waals surface area contributed by atoms with Gasteiger partial charge in [0.1, 0.15) is 11.3 Å². The number of ketones is 2. The minimum Gasteiger partial charge on any atom is -0.508 e. The number of ether oxygens (including phenoxy) is 1. The lowest BCUT2D eigenvalue weighted by atomic mass is 9.88. The summed E-state index contributed by atoms with van der Waals surface area (Å²) < 4.78 is 10.4. The molecule has 0 saturated heterocycles. The lowest BCUT2D eigenvalue weighted by Gasteiger charge is -2.14. The van der Waals surface area contributed by atoms with Crippen molar-refractivity contribution in [3.8, 4) is 17.2 Å². The second kappa shape index (κ2) is 5.98. The molecular weight excluding hydrogens is 368 g/mol. The van der Waals surface area contributed by atoms with Crippen LogP contribution in [-0.2, 0) is 4.79 Å². The molecule has 0 saturated carbocycles. The van der Waals surface area contributed by atoms with Gasteiger partial charge in [-0.15, -0.1) is 0 Å². The number of aliphatic hydroxyl groups excluding tert-OH is 1. The van der Waals surface area contributed by atoms with Gasteiger partial charge in [-0.2, -0.15) is 0 Å². The molecule has 0 unspecified atom stereocenters. The van der Waals surface area contributed by atoms with E-state index in [2.05, 4.69) is 0 Å². The Morgan fingerprint density at radius 1 is 1.00 bits per heavy atom. The minimum atomic E-state index is -0.851. The van der Waals surface area contributed by atoms with Crippen molar-refractivity contribution in [1.29, 1.82) is 0 Å². The second-order valence-electron chi connectivity index (χ2n) is 6.14. The molecule has 0 fully saturated rings. The Labute approximate surface area is 156 Å². The minimum absolute atomic E-state index is 0.0282. The first kappa shape index (κ1) is 17.3. The molecule has 8 heteroatoms. The maximum atomic E-state index is 12.9. The highest BCUT2D eigenvalue weighted by atomic mass is 16.5. The van der Waals surface area contributed by atoms with Crippen molar-refractivity contribution in [2.24, 2.45) is 0 Å². The second-order valence-corrected chi connectivity index (χ2v) is 6.14. The lowest BCUT2D eigenvalue weighted by Crippen LogP contribution is -2.20. The van der Waals surface area contributed by atoms with Crippen molar-refractivity contribution in [2.45, 2.75) is 6.92 Å². The third-order valence-electron chi connectivity index (χ3n) is 4.29. The number of furan rings is 1. The first-order valence-electron chi connectivity index (χ1n) is 8.08. The molecule has 1 aromatic heterocycles. The van der Waals surface area contributed by atoms with Crippen LogP contribution in [0.4, 0.5) is 0 Å². The number of allylic oxidation sites excluding steroid dienone is 2. The standard InChI is InChI=1S/C20H12O8/c1-8(21)27-14-7-13-11(6-12(14)23)16-18(25)17(24)15(19(26)20(16)28-13)9-2-4-10(22)5-3-9/h2-7,22-24H,1H3. The monoisotopic (exact) mass is 380 g/mol. The van der Waals surface area contributed by atoms with Crippen molar-refractivity contribution in [1.82, 2.24) is 0 Å². The van der Waals surface area contributed by atoms with E-state index in [1.807, 2.05) is 0 Å². The Bertz CT molecular complexity index is 1210. The molecule has 0 radical (unpaired) electrons. The number of carbonyl (C=O) groups excluding carboxylic acids is 3. The van der Waals surface area contributed by atoms with E-state index in [1.165, 1.54) is 30.3 Å². The zero-order valence-corrected chi connectivity index (χ0v) is 14.3. The molecule has 0 bridgehead atoms. The van der Waals surface area contributed by atoms with Gasteiger partial charge < -0.3 is 24.5 Å². The number of esters is 1. The van der Waals surface area contributed by atoms with Crippen LogP contribution in [0.2, 0.25) is 0 Å². The fraction of sp³-hybridized carbons (Fsp3) is 0.0500. The number of carbonyl (C=O) groups is 3. The van der Waals surface area contributed by atoms with Crippen LogP contribution >= 0.6 is 0 Å². The summed E-state index contributed by atoms with van der Waals surface area (Å²) in [5.41, 5.74) is -0.200. The SMILES string of the molecule is CC(=O)Oc1cc2oc3c(c2cc1O)C(=O)C(O)=C(c1ccc(O)cc1)C3=O. The van der Waals surface area contributed by atoms with Crippen molar-refractivity contribution < 1.29 is 38.9 Å². The summed E-state index contributed by atoms with van der Waals surface area (Å²) >= 11 is 0. The molecule has 3 N–H and O–H groups in total. The topological polar surface area (TPSA) is 134 Å². The molecule has 0 amide bonds. The Balaban J connectivity index is 1.91. The summed E-state index contributed by atoms with van der Waals surface area (Å²) in [5.74, 6) is -4.00. The molecule has 0 aliphatic heterocycles. The molecule has 1 aliphatic rings. The molecule has 140 valence electrons. The van der Waals surface area contributed by atoms with Gasteiger partial charge >= 0.3 is 5.97 Å². The van der Waals surface area contributed by atoms with E-state index in [4.69, 9.17) is 9.15 Å². The number of Topliss-reactive ketones (excluding diaryl/α,β-unsaturated/α-hetero) is 2. The third kappa shape index (κ3) is 2.50. The van der Waals surface area contributed by atoms with E-state index < -0.39 is 29.0 Å². The maximum Gasteiger partial charge on any atom is 0.308 e. The first-order valence-corrected chi connectivity index (χ1v) is 8.08. The van der Waals surface area contributed by atoms with Crippen LogP contribution in [-0.4, -0.2) is 32.9 Å². The van der Waals surface area contributed by atoms with E-state index in [9.17, 15) is 29.7 Å². The maximum absolute atomic E-state index is 12.9. The van der Waals surface area contributed by atoms with Gasteiger partial charge in [-0.05, 0) is 23.8 Å². The van der Waals surface area contributed by atoms with E-state index in [-0.39, 0.29) is 44.9 Å². The highest BCUT2D eigenvalue weighted by Crippen LogP contribution is 2.41. The van der Waals surface area contributed by atoms with Crippen molar-refractivity contribution >= 4 is 34.1 Å². The first-order chi connectivity index (χ1) is 13.3. The van der Waals surface area contributed by atoms with E-state index in [1.54, 1.807) is 0 Å². The molecule has 0 atom stereocenters. The number of hydrogen-bond acceptors (Lipinski definition) is 8. The number of benzene rings is 2. The predicted molar refractivity (Wildman–Crippen MR) is 95.5 cm³/mol. The van der Waals surface area contributed by atoms with Gasteiger partial charge in [-0.3, -0.25) is 14.4 Å². The Hall–Kier alpha value is -4.07. The molecule has 1 heterocycles. The van der Waals surface area contributed by atoms with Crippen LogP contribution in [0, 0.1) is 0 Å². The quantitative estimate of drug-likeness (QED) is 0.456. The number of hydrogen-bond donors (Lipinski definition) is 3. The fourth-order valence-electron chi connectivity index (χ4n) is 3.08. The van der Waals surface area contributed by atoms with Gasteiger partial charge in [0.05, 0.1) is 11.1 Å². The van der Waals surface area contributed by atoms with Gasteiger partial charge in [0.15, 0.2) is 23.0 Å². The highest BCUT2D eigenvalue weighted by Gasteiger charge is 2.38. The summed E-state index contributed by atoms with van der Waals surface area (Å²) in [5, 5.41) is 29.9. The van der Waals surface area contributed by atoms with Gasteiger partial charge in [-0.25, -0.2) is 0 Å². The van der Waals surface area contributed by atoms with Crippen LogP contribution in [0.1, 0.15) is 33.4 Å². The molecule has 1 aliphatic carbocycles. The van der Waals surface area contributed by atoms with Gasteiger partial charge in [0.2, 0.25) is 11.6 Å². The molecule has 8 nitrogen and oxygen atoms in total. The fourth-order valence-corrected chi connectivity index (χ4v) is 3.08. The third-order valence-corrected chi connectivity index (χ3v) is 4.29. The Morgan fingerprint density at radius 3 is 2.32 bits per heavy atom. The largest absolute Gasteiger partial charge is 0.508 e. The van der Waals surface area contributed by atoms with Gasteiger partial charge in [0.25, 0.3) is 0 Å². The number of rotatable bonds is 2. The summed E-state index contributed by atoms with van der Waals surface area (Å²) in [6.07, 6.45) is 0. The predicted octanol–water partition coefficient (Wildman–Crippen LogP) is 3.12. The summed E-state index contributed by atoms with van der Waals surface area (Å²) in [4.78, 5) is 36.8. The van der Waals surface area contributed by atoms with Gasteiger partial charge in [0, 0.05) is 18.4 Å². The lowest BCUT2D eigenvalue weighted by molar-refractivity contribution is -0.132. The van der Waals surface area contributed by atoms with Crippen molar-refractivity contribution in [3.05, 3.63) is 59.0 Å². The summed E-state index contributed by atoms with van der Waals surface area (Å²) in [6, 6.07) is 7.69. The van der Waals surface area contributed by atoms with E-state index in [0.29, 0.717) is 0 Å². The number of phenols is 2. The van der Waals surface area contributed by atoms with E-state index >= 15 is 0 Å². The smallest absolute Gasteiger partial charge is 0.308 e. The number of aromatic hydroxyl groups is 2. The molecule has 2 aromatic carbocycles. The Kier molecular flexibility index (Phi) is 3.71. The van der Waals surface area contributed by atoms with Crippen LogP contribution in [0.15, 0.2) is 46.6 Å². The zero-order chi connectivity index (χ0) is 20.2. The number of fused-ring (bicyclic) bond motifs is 3. The van der Waals surface area contributed by atoms with Crippen molar-refractivity contribution in [3.63, 3.8) is 0 Å². The summed E-state index contributed by atoms with van der Waals surface area (Å²) in [7, 11) is 0. The van der Waals surface area contributed by atoms with Crippen LogP contribution < -0.4 is 4.74 Å². The van der Waals surface area contributed by atoms with Gasteiger partial charge in [-0.1, -0.05) is 12.1 Å². The zero-order valence-electron chi connectivity index (χ0n) is 14.3. The number of phenolic OH excluding ortho intramolecular Hbond substituents is 2.